The van der Waals surface area contributed by atoms with Gasteiger partial charge in [-0.2, -0.15) is 5.26 Å². The third-order valence-corrected chi connectivity index (χ3v) is 2.91. The lowest BCUT2D eigenvalue weighted by atomic mass is 10.2. The zero-order chi connectivity index (χ0) is 14.7. The van der Waals surface area contributed by atoms with Crippen molar-refractivity contribution in [2.75, 3.05) is 0 Å². The number of rotatable bonds is 4. The molecular weight excluding hydrogens is 282 g/mol. The molecule has 0 aliphatic heterocycles. The van der Waals surface area contributed by atoms with Crippen LogP contribution in [-0.4, -0.2) is 11.1 Å². The zero-order valence-corrected chi connectivity index (χ0v) is 11.3. The molecule has 0 radical (unpaired) electrons. The van der Waals surface area contributed by atoms with Crippen molar-refractivity contribution in [2.24, 2.45) is 0 Å². The first kappa shape index (κ1) is 14.0. The highest BCUT2D eigenvalue weighted by molar-refractivity contribution is 6.30. The monoisotopic (exact) mass is 291 g/mol. The van der Waals surface area contributed by atoms with E-state index in [1.807, 2.05) is 6.07 Å². The van der Waals surface area contributed by atoms with Gasteiger partial charge in [0.15, 0.2) is 0 Å². The number of furan rings is 1. The van der Waals surface area contributed by atoms with E-state index in [0.717, 1.165) is 0 Å². The second kappa shape index (κ2) is 5.68. The van der Waals surface area contributed by atoms with Crippen LogP contribution < -0.4 is 4.74 Å². The second-order valence-corrected chi connectivity index (χ2v) is 4.47. The fraction of sp³-hybridized carbons (Fsp3) is 0.143. The summed E-state index contributed by atoms with van der Waals surface area (Å²) in [5.41, 5.74) is 0.959. The second-order valence-electron chi connectivity index (χ2n) is 4.04. The van der Waals surface area contributed by atoms with Gasteiger partial charge in [0.1, 0.15) is 24.2 Å². The summed E-state index contributed by atoms with van der Waals surface area (Å²) in [6.07, 6.45) is 0. The van der Waals surface area contributed by atoms with Gasteiger partial charge < -0.3 is 14.3 Å². The summed E-state index contributed by atoms with van der Waals surface area (Å²) in [6, 6.07) is 8.08. The van der Waals surface area contributed by atoms with Gasteiger partial charge in [0.25, 0.3) is 0 Å². The predicted octanol–water partition coefficient (Wildman–Crippen LogP) is 3.39. The highest BCUT2D eigenvalue weighted by atomic mass is 35.5. The lowest BCUT2D eigenvalue weighted by molar-refractivity contribution is 0.0661. The molecule has 0 saturated carbocycles. The van der Waals surface area contributed by atoms with Crippen LogP contribution in [0, 0.1) is 18.3 Å². The molecular formula is C14H10ClNO4. The topological polar surface area (TPSA) is 83.5 Å². The summed E-state index contributed by atoms with van der Waals surface area (Å²) in [7, 11) is 0. The van der Waals surface area contributed by atoms with Crippen LogP contribution in [0.5, 0.6) is 5.75 Å². The van der Waals surface area contributed by atoms with Gasteiger partial charge in [-0.05, 0) is 25.1 Å². The van der Waals surface area contributed by atoms with Crippen LogP contribution >= 0.6 is 11.6 Å². The van der Waals surface area contributed by atoms with E-state index < -0.39 is 5.97 Å². The lowest BCUT2D eigenvalue weighted by Gasteiger charge is -2.07. The quantitative estimate of drug-likeness (QED) is 0.933. The number of carboxylic acid groups (broad SMARTS) is 1. The molecule has 0 amide bonds. The number of hydrogen-bond acceptors (Lipinski definition) is 4. The van der Waals surface area contributed by atoms with Crippen LogP contribution in [0.4, 0.5) is 0 Å². The average Bonchev–Trinajstić information content (AvgIpc) is 2.78. The Morgan fingerprint density at radius 2 is 2.25 bits per heavy atom. The number of ether oxygens (including phenoxy) is 1. The summed E-state index contributed by atoms with van der Waals surface area (Å²) in [5.74, 6) is -0.479. The van der Waals surface area contributed by atoms with E-state index >= 15 is 0 Å². The van der Waals surface area contributed by atoms with Gasteiger partial charge >= 0.3 is 5.97 Å². The van der Waals surface area contributed by atoms with E-state index in [1.165, 1.54) is 12.1 Å². The third kappa shape index (κ3) is 2.92. The maximum Gasteiger partial charge on any atom is 0.371 e. The SMILES string of the molecule is Cc1oc(C(=O)O)cc1COc1cc(Cl)ccc1C#N. The average molecular weight is 292 g/mol. The van der Waals surface area contributed by atoms with Crippen molar-refractivity contribution in [1.29, 1.82) is 5.26 Å². The number of halogens is 1. The van der Waals surface area contributed by atoms with E-state index in [0.29, 0.717) is 27.7 Å². The number of hydrogen-bond donors (Lipinski definition) is 1. The van der Waals surface area contributed by atoms with E-state index in [2.05, 4.69) is 0 Å². The lowest BCUT2D eigenvalue weighted by Crippen LogP contribution is -1.98. The zero-order valence-electron chi connectivity index (χ0n) is 10.5. The van der Waals surface area contributed by atoms with Gasteiger partial charge in [0.05, 0.1) is 5.56 Å². The molecule has 0 fully saturated rings. The third-order valence-electron chi connectivity index (χ3n) is 2.68. The van der Waals surface area contributed by atoms with Crippen LogP contribution in [-0.2, 0) is 6.61 Å². The molecule has 0 bridgehead atoms. The van der Waals surface area contributed by atoms with Crippen molar-refractivity contribution in [2.45, 2.75) is 13.5 Å². The Labute approximate surface area is 120 Å². The summed E-state index contributed by atoms with van der Waals surface area (Å²) in [6.45, 7) is 1.74. The van der Waals surface area contributed by atoms with Crippen molar-refractivity contribution in [3.63, 3.8) is 0 Å². The first-order chi connectivity index (χ1) is 9.51. The van der Waals surface area contributed by atoms with Crippen LogP contribution in [0.3, 0.4) is 0 Å². The summed E-state index contributed by atoms with van der Waals surface area (Å²) >= 11 is 5.85. The van der Waals surface area contributed by atoms with E-state index in [4.69, 9.17) is 31.1 Å². The fourth-order valence-electron chi connectivity index (χ4n) is 1.63. The molecule has 0 aliphatic rings. The van der Waals surface area contributed by atoms with Gasteiger partial charge in [-0.25, -0.2) is 4.79 Å². The Hall–Kier alpha value is -2.45. The highest BCUT2D eigenvalue weighted by Crippen LogP contribution is 2.24. The molecule has 0 atom stereocenters. The van der Waals surface area contributed by atoms with E-state index in [1.54, 1.807) is 19.1 Å². The van der Waals surface area contributed by atoms with Crippen molar-refractivity contribution in [1.82, 2.24) is 0 Å². The minimum Gasteiger partial charge on any atom is -0.487 e. The molecule has 6 heteroatoms. The molecule has 0 unspecified atom stereocenters. The van der Waals surface area contributed by atoms with E-state index in [-0.39, 0.29) is 12.4 Å². The van der Waals surface area contributed by atoms with E-state index in [9.17, 15) is 4.79 Å². The van der Waals surface area contributed by atoms with Crippen LogP contribution in [0.25, 0.3) is 0 Å². The largest absolute Gasteiger partial charge is 0.487 e. The Morgan fingerprint density at radius 3 is 2.85 bits per heavy atom. The minimum atomic E-state index is -1.14. The molecule has 0 saturated heterocycles. The highest BCUT2D eigenvalue weighted by Gasteiger charge is 2.14. The number of nitriles is 1. The van der Waals surface area contributed by atoms with Crippen molar-refractivity contribution >= 4 is 17.6 Å². The minimum absolute atomic E-state index is 0.0949. The number of aromatic carboxylic acids is 1. The molecule has 1 aromatic carbocycles. The Kier molecular flexibility index (Phi) is 3.97. The predicted molar refractivity (Wildman–Crippen MR) is 70.9 cm³/mol. The molecule has 2 aromatic rings. The number of carboxylic acids is 1. The van der Waals surface area contributed by atoms with Crippen LogP contribution in [0.2, 0.25) is 5.02 Å². The normalized spacial score (nSPS) is 10.1. The molecule has 5 nitrogen and oxygen atoms in total. The Balaban J connectivity index is 2.19. The molecule has 2 rings (SSSR count). The van der Waals surface area contributed by atoms with Crippen LogP contribution in [0.1, 0.15) is 27.4 Å². The van der Waals surface area contributed by atoms with Crippen LogP contribution in [0.15, 0.2) is 28.7 Å². The van der Waals surface area contributed by atoms with Gasteiger partial charge in [-0.3, -0.25) is 0 Å². The summed E-state index contributed by atoms with van der Waals surface area (Å²) < 4.78 is 10.6. The molecule has 1 heterocycles. The maximum atomic E-state index is 10.8. The van der Waals surface area contributed by atoms with Crippen molar-refractivity contribution in [3.8, 4) is 11.8 Å². The number of benzene rings is 1. The number of carbonyl (C=O) groups is 1. The van der Waals surface area contributed by atoms with Crippen molar-refractivity contribution < 1.29 is 19.1 Å². The van der Waals surface area contributed by atoms with Crippen molar-refractivity contribution in [3.05, 3.63) is 51.9 Å². The van der Waals surface area contributed by atoms with Gasteiger partial charge in [-0.15, -0.1) is 0 Å². The summed E-state index contributed by atoms with van der Waals surface area (Å²) in [5, 5.41) is 18.3. The van der Waals surface area contributed by atoms with Gasteiger partial charge in [-0.1, -0.05) is 11.6 Å². The first-order valence-corrected chi connectivity index (χ1v) is 6.04. The molecule has 1 aromatic heterocycles. The molecule has 20 heavy (non-hydrogen) atoms. The maximum absolute atomic E-state index is 10.8. The van der Waals surface area contributed by atoms with Gasteiger partial charge in [0, 0.05) is 16.7 Å². The van der Waals surface area contributed by atoms with Gasteiger partial charge in [0.2, 0.25) is 5.76 Å². The molecule has 0 spiro atoms. The molecule has 0 aliphatic carbocycles. The first-order valence-electron chi connectivity index (χ1n) is 5.66. The standard InChI is InChI=1S/C14H10ClNO4/c1-8-10(4-13(20-8)14(17)18)7-19-12-5-11(15)3-2-9(12)6-16/h2-5H,7H2,1H3,(H,17,18). The smallest absolute Gasteiger partial charge is 0.371 e. The fourth-order valence-corrected chi connectivity index (χ4v) is 1.79. The molecule has 102 valence electrons. The number of nitrogens with zero attached hydrogens (tertiary/aromatic N) is 1. The Morgan fingerprint density at radius 1 is 1.50 bits per heavy atom. The molecule has 1 N–H and O–H groups in total. The summed E-state index contributed by atoms with van der Waals surface area (Å²) in [4.78, 5) is 10.8. The number of aryl methyl sites for hydroxylation is 1. The Bertz CT molecular complexity index is 700.